The van der Waals surface area contributed by atoms with Crippen molar-refractivity contribution in [1.29, 1.82) is 0 Å². The fraction of sp³-hybridized carbons (Fsp3) is 0.846. The van der Waals surface area contributed by atoms with Crippen molar-refractivity contribution in [3.63, 3.8) is 0 Å². The molecular weight excluding hydrogens is 226 g/mol. The Bertz CT molecular complexity index is 343. The van der Waals surface area contributed by atoms with Crippen molar-refractivity contribution in [3.05, 3.63) is 11.9 Å². The molecule has 1 aliphatic heterocycles. The van der Waals surface area contributed by atoms with E-state index in [2.05, 4.69) is 27.5 Å². The van der Waals surface area contributed by atoms with Crippen molar-refractivity contribution in [3.8, 4) is 0 Å². The standard InChI is InChI=1S/C13H25N5/c1-3-8-18(9-12-4-6-14-7-5-12)11-13-10-17(2)16-15-13/h10,12,14H,3-9,11H2,1-2H3. The van der Waals surface area contributed by atoms with Crippen LogP contribution in [0.1, 0.15) is 31.9 Å². The van der Waals surface area contributed by atoms with Crippen LogP contribution in [0.3, 0.4) is 0 Å². The molecule has 0 aromatic carbocycles. The summed E-state index contributed by atoms with van der Waals surface area (Å²) in [5.74, 6) is 0.842. The Hall–Kier alpha value is -0.940. The smallest absolute Gasteiger partial charge is 0.0967 e. The molecule has 1 aromatic rings. The second kappa shape index (κ2) is 6.85. The third-order valence-corrected chi connectivity index (χ3v) is 3.55. The lowest BCUT2D eigenvalue weighted by atomic mass is 9.97. The highest BCUT2D eigenvalue weighted by atomic mass is 15.4. The number of aryl methyl sites for hydroxylation is 1. The van der Waals surface area contributed by atoms with Crippen LogP contribution in [0.15, 0.2) is 6.20 Å². The first kappa shape index (κ1) is 13.5. The predicted octanol–water partition coefficient (Wildman–Crippen LogP) is 1.03. The van der Waals surface area contributed by atoms with Crippen LogP contribution in [0.5, 0.6) is 0 Å². The number of nitrogens with one attached hydrogen (secondary N) is 1. The van der Waals surface area contributed by atoms with Gasteiger partial charge in [-0.3, -0.25) is 9.58 Å². The topological polar surface area (TPSA) is 46.0 Å². The Balaban J connectivity index is 1.86. The van der Waals surface area contributed by atoms with Gasteiger partial charge in [-0.1, -0.05) is 12.1 Å². The van der Waals surface area contributed by atoms with Crippen molar-refractivity contribution >= 4 is 0 Å². The van der Waals surface area contributed by atoms with Crippen LogP contribution in [-0.2, 0) is 13.6 Å². The first-order chi connectivity index (χ1) is 8.78. The lowest BCUT2D eigenvalue weighted by Crippen LogP contribution is -2.36. The van der Waals surface area contributed by atoms with E-state index in [1.54, 1.807) is 4.68 Å². The molecule has 0 amide bonds. The summed E-state index contributed by atoms with van der Waals surface area (Å²) < 4.78 is 1.78. The molecule has 0 unspecified atom stereocenters. The van der Waals surface area contributed by atoms with E-state index in [1.165, 1.54) is 38.9 Å². The van der Waals surface area contributed by atoms with Gasteiger partial charge in [0.05, 0.1) is 5.69 Å². The van der Waals surface area contributed by atoms with Crippen LogP contribution in [0.4, 0.5) is 0 Å². The van der Waals surface area contributed by atoms with E-state index in [4.69, 9.17) is 0 Å². The molecule has 0 bridgehead atoms. The molecule has 0 radical (unpaired) electrons. The molecule has 1 fully saturated rings. The van der Waals surface area contributed by atoms with E-state index in [0.717, 1.165) is 24.7 Å². The zero-order valence-corrected chi connectivity index (χ0v) is 11.6. The molecule has 1 N–H and O–H groups in total. The molecule has 2 rings (SSSR count). The van der Waals surface area contributed by atoms with Crippen LogP contribution in [0, 0.1) is 5.92 Å². The minimum absolute atomic E-state index is 0.842. The van der Waals surface area contributed by atoms with Gasteiger partial charge in [0.25, 0.3) is 0 Å². The van der Waals surface area contributed by atoms with Gasteiger partial charge in [0.1, 0.15) is 0 Å². The second-order valence-corrected chi connectivity index (χ2v) is 5.31. The van der Waals surface area contributed by atoms with Crippen LogP contribution >= 0.6 is 0 Å². The summed E-state index contributed by atoms with van der Waals surface area (Å²) in [6.07, 6.45) is 5.83. The second-order valence-electron chi connectivity index (χ2n) is 5.31. The Kier molecular flexibility index (Phi) is 5.13. The molecule has 1 aromatic heterocycles. The van der Waals surface area contributed by atoms with Crippen molar-refractivity contribution in [2.45, 2.75) is 32.7 Å². The quantitative estimate of drug-likeness (QED) is 0.820. The van der Waals surface area contributed by atoms with Crippen LogP contribution in [0.25, 0.3) is 0 Å². The maximum absolute atomic E-state index is 4.19. The minimum atomic E-state index is 0.842. The van der Waals surface area contributed by atoms with Gasteiger partial charge in [-0.2, -0.15) is 0 Å². The van der Waals surface area contributed by atoms with Gasteiger partial charge >= 0.3 is 0 Å². The minimum Gasteiger partial charge on any atom is -0.317 e. The molecule has 2 heterocycles. The summed E-state index contributed by atoms with van der Waals surface area (Å²) >= 11 is 0. The van der Waals surface area contributed by atoms with Crippen molar-refractivity contribution < 1.29 is 0 Å². The SMILES string of the molecule is CCCN(Cc1cn(C)nn1)CC1CCNCC1. The molecule has 0 aliphatic carbocycles. The summed E-state index contributed by atoms with van der Waals surface area (Å²) in [7, 11) is 1.92. The Morgan fingerprint density at radius 1 is 1.44 bits per heavy atom. The molecule has 0 saturated carbocycles. The van der Waals surface area contributed by atoms with E-state index in [0.29, 0.717) is 0 Å². The number of hydrogen-bond acceptors (Lipinski definition) is 4. The van der Waals surface area contributed by atoms with E-state index >= 15 is 0 Å². The first-order valence-electron chi connectivity index (χ1n) is 7.06. The molecule has 102 valence electrons. The lowest BCUT2D eigenvalue weighted by Gasteiger charge is -2.29. The Labute approximate surface area is 110 Å². The summed E-state index contributed by atoms with van der Waals surface area (Å²) in [6, 6.07) is 0. The average Bonchev–Trinajstić information content (AvgIpc) is 2.76. The van der Waals surface area contributed by atoms with E-state index in [-0.39, 0.29) is 0 Å². The average molecular weight is 251 g/mol. The highest BCUT2D eigenvalue weighted by Crippen LogP contribution is 2.15. The molecule has 0 spiro atoms. The lowest BCUT2D eigenvalue weighted by molar-refractivity contribution is 0.197. The zero-order chi connectivity index (χ0) is 12.8. The third-order valence-electron chi connectivity index (χ3n) is 3.55. The van der Waals surface area contributed by atoms with Crippen molar-refractivity contribution in [2.75, 3.05) is 26.2 Å². The fourth-order valence-corrected chi connectivity index (χ4v) is 2.68. The van der Waals surface area contributed by atoms with Crippen LogP contribution in [0.2, 0.25) is 0 Å². The molecule has 5 heteroatoms. The van der Waals surface area contributed by atoms with Gasteiger partial charge < -0.3 is 5.32 Å². The van der Waals surface area contributed by atoms with Crippen molar-refractivity contribution in [2.24, 2.45) is 13.0 Å². The summed E-state index contributed by atoms with van der Waals surface area (Å²) in [6.45, 7) is 7.88. The largest absolute Gasteiger partial charge is 0.317 e. The molecule has 0 atom stereocenters. The monoisotopic (exact) mass is 251 g/mol. The van der Waals surface area contributed by atoms with E-state index in [1.807, 2.05) is 13.2 Å². The van der Waals surface area contributed by atoms with Gasteiger partial charge in [0.15, 0.2) is 0 Å². The normalized spacial score (nSPS) is 17.5. The highest BCUT2D eigenvalue weighted by molar-refractivity contribution is 4.92. The molecule has 18 heavy (non-hydrogen) atoms. The van der Waals surface area contributed by atoms with Crippen LogP contribution < -0.4 is 5.32 Å². The summed E-state index contributed by atoms with van der Waals surface area (Å²) in [5.41, 5.74) is 1.08. The van der Waals surface area contributed by atoms with Gasteiger partial charge in [0, 0.05) is 26.3 Å². The highest BCUT2D eigenvalue weighted by Gasteiger charge is 2.17. The number of nitrogens with zero attached hydrogens (tertiary/aromatic N) is 4. The maximum Gasteiger partial charge on any atom is 0.0967 e. The van der Waals surface area contributed by atoms with Crippen LogP contribution in [-0.4, -0.2) is 46.1 Å². The molecule has 1 saturated heterocycles. The number of aromatic nitrogens is 3. The number of piperidine rings is 1. The van der Waals surface area contributed by atoms with Gasteiger partial charge in [-0.05, 0) is 44.8 Å². The Morgan fingerprint density at radius 3 is 2.83 bits per heavy atom. The van der Waals surface area contributed by atoms with Gasteiger partial charge in [0.2, 0.25) is 0 Å². The maximum atomic E-state index is 4.19. The predicted molar refractivity (Wildman–Crippen MR) is 72.2 cm³/mol. The van der Waals surface area contributed by atoms with Crippen molar-refractivity contribution in [1.82, 2.24) is 25.2 Å². The number of hydrogen-bond donors (Lipinski definition) is 1. The molecule has 1 aliphatic rings. The van der Waals surface area contributed by atoms with Gasteiger partial charge in [-0.25, -0.2) is 0 Å². The van der Waals surface area contributed by atoms with E-state index < -0.39 is 0 Å². The Morgan fingerprint density at radius 2 is 2.22 bits per heavy atom. The first-order valence-corrected chi connectivity index (χ1v) is 7.06. The summed E-state index contributed by atoms with van der Waals surface area (Å²) in [5, 5.41) is 11.6. The summed E-state index contributed by atoms with van der Waals surface area (Å²) in [4.78, 5) is 2.53. The van der Waals surface area contributed by atoms with Gasteiger partial charge in [-0.15, -0.1) is 5.10 Å². The fourth-order valence-electron chi connectivity index (χ4n) is 2.68. The zero-order valence-electron chi connectivity index (χ0n) is 11.6. The van der Waals surface area contributed by atoms with E-state index in [9.17, 15) is 0 Å². The number of rotatable bonds is 6. The molecular formula is C13H25N5. The molecule has 5 nitrogen and oxygen atoms in total. The third kappa shape index (κ3) is 4.07.